The number of nitrogens with one attached hydrogen (secondary N) is 1. The Morgan fingerprint density at radius 2 is 2.12 bits per heavy atom. The van der Waals surface area contributed by atoms with Gasteiger partial charge in [0.1, 0.15) is 20.8 Å². The number of methoxy groups -OCH3 is 1. The van der Waals surface area contributed by atoms with E-state index in [1.165, 1.54) is 32.3 Å². The lowest BCUT2D eigenvalue weighted by Gasteiger charge is -2.36. The average Bonchev–Trinajstić information content (AvgIpc) is 2.85. The molecular formula is C14H15Cl2NO6S2. The molecule has 1 aliphatic rings. The maximum absolute atomic E-state index is 12.4. The molecule has 0 bridgehead atoms. The summed E-state index contributed by atoms with van der Waals surface area (Å²) in [6, 6.07) is 1.20. The van der Waals surface area contributed by atoms with Gasteiger partial charge in [-0.3, -0.25) is 9.52 Å². The highest BCUT2D eigenvalue weighted by atomic mass is 35.5. The Hall–Kier alpha value is -1.10. The van der Waals surface area contributed by atoms with Gasteiger partial charge in [-0.25, -0.2) is 8.42 Å². The van der Waals surface area contributed by atoms with Gasteiger partial charge in [0.25, 0.3) is 10.0 Å². The molecule has 0 spiro atoms. The van der Waals surface area contributed by atoms with E-state index in [-0.39, 0.29) is 19.3 Å². The molecule has 2 rings (SSSR count). The molecule has 1 aromatic rings. The van der Waals surface area contributed by atoms with Crippen molar-refractivity contribution in [2.75, 3.05) is 7.11 Å². The van der Waals surface area contributed by atoms with E-state index in [1.807, 2.05) is 0 Å². The van der Waals surface area contributed by atoms with Crippen LogP contribution >= 0.6 is 34.5 Å². The van der Waals surface area contributed by atoms with Crippen molar-refractivity contribution in [2.45, 2.75) is 23.5 Å². The zero-order valence-corrected chi connectivity index (χ0v) is 16.2. The minimum Gasteiger partial charge on any atom is -0.481 e. The van der Waals surface area contributed by atoms with Gasteiger partial charge in [0.2, 0.25) is 0 Å². The second-order valence-electron chi connectivity index (χ2n) is 5.33. The van der Waals surface area contributed by atoms with Gasteiger partial charge in [-0.2, -0.15) is 0 Å². The smallest absolute Gasteiger partial charge is 0.313 e. The summed E-state index contributed by atoms with van der Waals surface area (Å²) in [5.74, 6) is -2.57. The number of aliphatic carboxylic acids is 1. The summed E-state index contributed by atoms with van der Waals surface area (Å²) in [7, 11) is -2.75. The first kappa shape index (κ1) is 20.2. The number of aliphatic hydroxyl groups is 1. The fraction of sp³-hybridized carbons (Fsp3) is 0.357. The molecule has 0 radical (unpaired) electrons. The molecule has 0 aliphatic heterocycles. The van der Waals surface area contributed by atoms with Gasteiger partial charge in [-0.15, -0.1) is 11.3 Å². The van der Waals surface area contributed by atoms with Crippen molar-refractivity contribution >= 4 is 50.5 Å². The lowest BCUT2D eigenvalue weighted by Crippen LogP contribution is -2.51. The van der Waals surface area contributed by atoms with Crippen molar-refractivity contribution in [3.05, 3.63) is 38.7 Å². The van der Waals surface area contributed by atoms with Gasteiger partial charge < -0.3 is 14.9 Å². The van der Waals surface area contributed by atoms with E-state index in [9.17, 15) is 23.4 Å². The summed E-state index contributed by atoms with van der Waals surface area (Å²) in [4.78, 5) is 11.2. The van der Waals surface area contributed by atoms with E-state index in [0.29, 0.717) is 0 Å². The Morgan fingerprint density at radius 3 is 2.60 bits per heavy atom. The molecule has 7 nitrogen and oxygen atoms in total. The van der Waals surface area contributed by atoms with Crippen molar-refractivity contribution in [1.29, 1.82) is 0 Å². The number of hydrogen-bond acceptors (Lipinski definition) is 6. The Kier molecular flexibility index (Phi) is 5.87. The third-order valence-corrected chi connectivity index (χ3v) is 6.93. The van der Waals surface area contributed by atoms with Crippen LogP contribution in [0.1, 0.15) is 6.92 Å². The van der Waals surface area contributed by atoms with Gasteiger partial charge in [-0.1, -0.05) is 29.3 Å². The number of ether oxygens (including phenoxy) is 1. The van der Waals surface area contributed by atoms with E-state index in [2.05, 4.69) is 4.72 Å². The van der Waals surface area contributed by atoms with Crippen LogP contribution in [0.4, 0.5) is 0 Å². The Labute approximate surface area is 158 Å². The van der Waals surface area contributed by atoms with Crippen LogP contribution in [0, 0.1) is 5.92 Å². The fourth-order valence-corrected chi connectivity index (χ4v) is 5.56. The summed E-state index contributed by atoms with van der Waals surface area (Å²) in [5.41, 5.74) is -1.95. The highest BCUT2D eigenvalue weighted by molar-refractivity contribution is 7.90. The van der Waals surface area contributed by atoms with Crippen LogP contribution in [0.15, 0.2) is 34.9 Å². The number of carboxylic acids is 1. The van der Waals surface area contributed by atoms with Gasteiger partial charge in [0.05, 0.1) is 10.4 Å². The van der Waals surface area contributed by atoms with Crippen LogP contribution in [-0.4, -0.2) is 43.4 Å². The molecule has 1 aromatic heterocycles. The minimum absolute atomic E-state index is 0.0118. The van der Waals surface area contributed by atoms with Gasteiger partial charge in [-0.05, 0) is 25.1 Å². The molecule has 25 heavy (non-hydrogen) atoms. The lowest BCUT2D eigenvalue weighted by atomic mass is 9.79. The molecule has 0 aromatic carbocycles. The molecule has 3 N–H and O–H groups in total. The van der Waals surface area contributed by atoms with E-state index >= 15 is 0 Å². The van der Waals surface area contributed by atoms with Crippen LogP contribution in [0.5, 0.6) is 0 Å². The van der Waals surface area contributed by atoms with Crippen molar-refractivity contribution in [2.24, 2.45) is 5.92 Å². The summed E-state index contributed by atoms with van der Waals surface area (Å²) in [6.07, 6.45) is 2.66. The maximum Gasteiger partial charge on any atom is 0.313 e. The van der Waals surface area contributed by atoms with Crippen LogP contribution in [-0.2, 0) is 19.6 Å². The van der Waals surface area contributed by atoms with Crippen molar-refractivity contribution < 1.29 is 28.2 Å². The first-order valence-corrected chi connectivity index (χ1v) is 9.93. The number of thiophene rings is 1. The zero-order valence-electron chi connectivity index (χ0n) is 13.1. The predicted octanol–water partition coefficient (Wildman–Crippen LogP) is 2.25. The number of halogens is 2. The largest absolute Gasteiger partial charge is 0.481 e. The molecule has 3 atom stereocenters. The molecule has 0 saturated heterocycles. The van der Waals surface area contributed by atoms with Crippen molar-refractivity contribution in [1.82, 2.24) is 4.72 Å². The SMILES string of the molecule is COC(C)C1(O)C=C(NS(=O)(=O)c2cc(Cl)sc2Cl)C=CC1C(=O)O. The van der Waals surface area contributed by atoms with Gasteiger partial charge >= 0.3 is 5.97 Å². The maximum atomic E-state index is 12.4. The van der Waals surface area contributed by atoms with Crippen LogP contribution in [0.2, 0.25) is 8.67 Å². The second-order valence-corrected chi connectivity index (χ2v) is 9.27. The zero-order chi connectivity index (χ0) is 19.0. The summed E-state index contributed by atoms with van der Waals surface area (Å²) in [6.45, 7) is 1.48. The standard InChI is InChI=1S/C14H15Cl2NO6S2/c1-7(23-2)14(20)6-8(3-4-9(14)13(18)19)17-25(21,22)10-5-11(15)24-12(10)16/h3-7,9,17,20H,1-2H3,(H,18,19). The van der Waals surface area contributed by atoms with E-state index in [4.69, 9.17) is 27.9 Å². The summed E-state index contributed by atoms with van der Waals surface area (Å²) >= 11 is 12.5. The molecule has 11 heteroatoms. The van der Waals surface area contributed by atoms with Crippen molar-refractivity contribution in [3.8, 4) is 0 Å². The predicted molar refractivity (Wildman–Crippen MR) is 94.4 cm³/mol. The van der Waals surface area contributed by atoms with E-state index < -0.39 is 33.6 Å². The average molecular weight is 428 g/mol. The normalized spacial score (nSPS) is 24.7. The minimum atomic E-state index is -4.06. The number of sulfonamides is 1. The molecule has 3 unspecified atom stereocenters. The Balaban J connectivity index is 2.40. The molecule has 0 saturated carbocycles. The molecule has 1 heterocycles. The topological polar surface area (TPSA) is 113 Å². The second kappa shape index (κ2) is 7.26. The molecule has 0 amide bonds. The van der Waals surface area contributed by atoms with E-state index in [0.717, 1.165) is 17.4 Å². The first-order valence-electron chi connectivity index (χ1n) is 6.88. The Bertz CT molecular complexity index is 848. The van der Waals surface area contributed by atoms with Gasteiger partial charge in [0.15, 0.2) is 0 Å². The quantitative estimate of drug-likeness (QED) is 0.641. The third kappa shape index (κ3) is 4.02. The molecule has 1 aliphatic carbocycles. The number of hydrogen-bond donors (Lipinski definition) is 3. The molecule has 0 fully saturated rings. The van der Waals surface area contributed by atoms with Gasteiger partial charge in [0, 0.05) is 12.8 Å². The number of rotatable bonds is 6. The number of allylic oxidation sites excluding steroid dienone is 1. The van der Waals surface area contributed by atoms with Crippen LogP contribution < -0.4 is 4.72 Å². The van der Waals surface area contributed by atoms with E-state index in [1.54, 1.807) is 0 Å². The number of carboxylic acid groups (broad SMARTS) is 1. The van der Waals surface area contributed by atoms with Crippen LogP contribution in [0.3, 0.4) is 0 Å². The molecule has 138 valence electrons. The summed E-state index contributed by atoms with van der Waals surface area (Å²) in [5, 5.41) is 20.0. The van der Waals surface area contributed by atoms with Crippen LogP contribution in [0.25, 0.3) is 0 Å². The van der Waals surface area contributed by atoms with Crippen molar-refractivity contribution in [3.63, 3.8) is 0 Å². The number of carbonyl (C=O) groups is 1. The molecular weight excluding hydrogens is 413 g/mol. The monoisotopic (exact) mass is 427 g/mol. The summed E-state index contributed by atoms with van der Waals surface area (Å²) < 4.78 is 32.4. The Morgan fingerprint density at radius 1 is 1.48 bits per heavy atom. The fourth-order valence-electron chi connectivity index (χ4n) is 2.36. The highest BCUT2D eigenvalue weighted by Crippen LogP contribution is 2.36. The lowest BCUT2D eigenvalue weighted by molar-refractivity contribution is -0.153. The highest BCUT2D eigenvalue weighted by Gasteiger charge is 2.45. The third-order valence-electron chi connectivity index (χ3n) is 3.79. The first-order chi connectivity index (χ1) is 11.5.